The molecule has 0 unspecified atom stereocenters. The summed E-state index contributed by atoms with van der Waals surface area (Å²) >= 11 is 3.40. The number of hydrogen-bond donors (Lipinski definition) is 1. The highest BCUT2D eigenvalue weighted by molar-refractivity contribution is 9.09. The minimum Gasteiger partial charge on any atom is -0.268 e. The first-order chi connectivity index (χ1) is 7.28. The van der Waals surface area contributed by atoms with Gasteiger partial charge in [0.05, 0.1) is 0 Å². The summed E-state index contributed by atoms with van der Waals surface area (Å²) in [6.45, 7) is 7.90. The molecule has 5 heteroatoms. The first kappa shape index (κ1) is 13.2. The van der Waals surface area contributed by atoms with Gasteiger partial charge in [-0.25, -0.2) is 4.68 Å². The quantitative estimate of drug-likeness (QED) is 0.859. The van der Waals surface area contributed by atoms with Crippen molar-refractivity contribution in [3.63, 3.8) is 0 Å². The van der Waals surface area contributed by atoms with Gasteiger partial charge in [-0.3, -0.25) is 14.7 Å². The van der Waals surface area contributed by atoms with Crippen LogP contribution in [0.2, 0.25) is 0 Å². The molecule has 0 aromatic carbocycles. The Balaban J connectivity index is 3.28. The second-order valence-electron chi connectivity index (χ2n) is 4.88. The highest BCUT2D eigenvalue weighted by Gasteiger charge is 2.19. The lowest BCUT2D eigenvalue weighted by Crippen LogP contribution is -2.37. The molecule has 0 saturated heterocycles. The van der Waals surface area contributed by atoms with E-state index in [-0.39, 0.29) is 16.5 Å². The Bertz CT molecular complexity index is 500. The summed E-state index contributed by atoms with van der Waals surface area (Å²) in [5.41, 5.74) is 0.634. The number of alkyl halides is 1. The molecule has 0 aliphatic carbocycles. The Hall–Kier alpha value is -0.840. The summed E-state index contributed by atoms with van der Waals surface area (Å²) in [5, 5.41) is 3.37. The third-order valence-electron chi connectivity index (χ3n) is 2.65. The Kier molecular flexibility index (Phi) is 3.78. The topological polar surface area (TPSA) is 54.9 Å². The van der Waals surface area contributed by atoms with Gasteiger partial charge in [-0.05, 0) is 19.3 Å². The summed E-state index contributed by atoms with van der Waals surface area (Å²) in [7, 11) is 0. The summed E-state index contributed by atoms with van der Waals surface area (Å²) in [6.07, 6.45) is 0. The zero-order valence-corrected chi connectivity index (χ0v) is 11.6. The summed E-state index contributed by atoms with van der Waals surface area (Å²) in [4.78, 5) is 23.5. The van der Waals surface area contributed by atoms with Crippen LogP contribution in [-0.2, 0) is 6.54 Å². The van der Waals surface area contributed by atoms with Crippen molar-refractivity contribution in [3.05, 3.63) is 31.8 Å². The van der Waals surface area contributed by atoms with Crippen LogP contribution in [0.1, 0.15) is 25.0 Å². The molecular formula is C11H17BrN2O2. The van der Waals surface area contributed by atoms with Crippen molar-refractivity contribution in [3.8, 4) is 0 Å². The number of hydrogen-bond acceptors (Lipinski definition) is 2. The van der Waals surface area contributed by atoms with Crippen molar-refractivity contribution < 1.29 is 0 Å². The summed E-state index contributed by atoms with van der Waals surface area (Å²) < 4.78 is 1.39. The van der Waals surface area contributed by atoms with Crippen LogP contribution in [0.5, 0.6) is 0 Å². The molecule has 0 atom stereocenters. The molecule has 4 nitrogen and oxygen atoms in total. The fourth-order valence-corrected chi connectivity index (χ4v) is 1.55. The predicted molar refractivity (Wildman–Crippen MR) is 68.4 cm³/mol. The number of aromatic amines is 1. The molecule has 1 heterocycles. The lowest BCUT2D eigenvalue weighted by Gasteiger charge is -2.22. The fraction of sp³-hybridized carbons (Fsp3) is 0.636. The van der Waals surface area contributed by atoms with Crippen molar-refractivity contribution in [2.24, 2.45) is 5.41 Å². The van der Waals surface area contributed by atoms with Gasteiger partial charge in [0.25, 0.3) is 11.1 Å². The van der Waals surface area contributed by atoms with Crippen molar-refractivity contribution in [1.29, 1.82) is 0 Å². The van der Waals surface area contributed by atoms with E-state index in [0.29, 0.717) is 17.7 Å². The molecule has 1 aromatic rings. The van der Waals surface area contributed by atoms with Crippen molar-refractivity contribution in [2.45, 2.75) is 34.2 Å². The van der Waals surface area contributed by atoms with E-state index in [2.05, 4.69) is 21.0 Å². The molecule has 0 fully saturated rings. The zero-order chi connectivity index (χ0) is 12.5. The number of aromatic nitrogens is 2. The van der Waals surface area contributed by atoms with Crippen molar-refractivity contribution >= 4 is 15.9 Å². The monoisotopic (exact) mass is 288 g/mol. The van der Waals surface area contributed by atoms with E-state index < -0.39 is 0 Å². The maximum atomic E-state index is 11.9. The van der Waals surface area contributed by atoms with Crippen LogP contribution >= 0.6 is 15.9 Å². The van der Waals surface area contributed by atoms with E-state index >= 15 is 0 Å². The average molecular weight is 289 g/mol. The Labute approximate surface area is 103 Å². The van der Waals surface area contributed by atoms with Gasteiger partial charge in [-0.15, -0.1) is 0 Å². The molecular weight excluding hydrogens is 272 g/mol. The van der Waals surface area contributed by atoms with Crippen LogP contribution in [0.3, 0.4) is 0 Å². The lowest BCUT2D eigenvalue weighted by atomic mass is 9.97. The van der Waals surface area contributed by atoms with Gasteiger partial charge in [0.2, 0.25) is 0 Å². The van der Waals surface area contributed by atoms with Gasteiger partial charge in [0.15, 0.2) is 0 Å². The molecule has 0 spiro atoms. The molecule has 1 rings (SSSR count). The van der Waals surface area contributed by atoms with E-state index in [1.807, 2.05) is 13.8 Å². The van der Waals surface area contributed by atoms with Gasteiger partial charge in [-0.1, -0.05) is 29.8 Å². The molecule has 0 saturated carbocycles. The molecule has 1 N–H and O–H groups in total. The maximum Gasteiger partial charge on any atom is 0.268 e. The highest BCUT2D eigenvalue weighted by Crippen LogP contribution is 2.19. The predicted octanol–water partition coefficient (Wildman–Crippen LogP) is 1.57. The number of nitrogens with zero attached hydrogens (tertiary/aromatic N) is 1. The smallest absolute Gasteiger partial charge is 0.268 e. The normalized spacial score (nSPS) is 11.8. The van der Waals surface area contributed by atoms with E-state index in [9.17, 15) is 9.59 Å². The molecule has 0 bridgehead atoms. The molecule has 0 radical (unpaired) electrons. The largest absolute Gasteiger partial charge is 0.268 e. The van der Waals surface area contributed by atoms with Gasteiger partial charge in [0.1, 0.15) is 0 Å². The molecule has 1 aromatic heterocycles. The second kappa shape index (κ2) is 4.57. The third-order valence-corrected chi connectivity index (χ3v) is 4.17. The third kappa shape index (κ3) is 2.64. The minimum atomic E-state index is -0.192. The van der Waals surface area contributed by atoms with Crippen LogP contribution < -0.4 is 11.1 Å². The second-order valence-corrected chi connectivity index (χ2v) is 5.44. The minimum absolute atomic E-state index is 0.0749. The standard InChI is InChI=1S/C11H17BrN2O2/c1-7-8(2)10(16)14(13-9(7)15)6-11(3,4)5-12/h5-6H2,1-4H3,(H,13,15). The van der Waals surface area contributed by atoms with Crippen LogP contribution in [-0.4, -0.2) is 15.1 Å². The van der Waals surface area contributed by atoms with Gasteiger partial charge < -0.3 is 0 Å². The van der Waals surface area contributed by atoms with Gasteiger partial charge >= 0.3 is 0 Å². The number of nitrogens with one attached hydrogen (secondary N) is 1. The van der Waals surface area contributed by atoms with E-state index in [1.165, 1.54) is 4.68 Å². The molecule has 90 valence electrons. The molecule has 16 heavy (non-hydrogen) atoms. The van der Waals surface area contributed by atoms with E-state index in [1.54, 1.807) is 13.8 Å². The van der Waals surface area contributed by atoms with Crippen LogP contribution in [0.15, 0.2) is 9.59 Å². The molecule has 0 aliphatic heterocycles. The van der Waals surface area contributed by atoms with Crippen molar-refractivity contribution in [1.82, 2.24) is 9.78 Å². The van der Waals surface area contributed by atoms with Crippen LogP contribution in [0.4, 0.5) is 0 Å². The fourth-order valence-electron chi connectivity index (χ4n) is 1.37. The Morgan fingerprint density at radius 2 is 1.81 bits per heavy atom. The molecule has 0 amide bonds. The van der Waals surface area contributed by atoms with Crippen molar-refractivity contribution in [2.75, 3.05) is 5.33 Å². The first-order valence-electron chi connectivity index (χ1n) is 5.15. The van der Waals surface area contributed by atoms with E-state index in [4.69, 9.17) is 0 Å². The van der Waals surface area contributed by atoms with Gasteiger partial charge in [0, 0.05) is 23.0 Å². The number of H-pyrrole nitrogens is 1. The van der Waals surface area contributed by atoms with Crippen LogP contribution in [0, 0.1) is 19.3 Å². The Morgan fingerprint density at radius 3 is 2.31 bits per heavy atom. The summed E-state index contributed by atoms with van der Waals surface area (Å²) in [5.74, 6) is 0. The Morgan fingerprint density at radius 1 is 1.25 bits per heavy atom. The highest BCUT2D eigenvalue weighted by atomic mass is 79.9. The average Bonchev–Trinajstić information content (AvgIpc) is 2.22. The SMILES string of the molecule is Cc1c(C)c(=O)n(CC(C)(C)CBr)[nH]c1=O. The first-order valence-corrected chi connectivity index (χ1v) is 6.27. The van der Waals surface area contributed by atoms with E-state index in [0.717, 1.165) is 5.33 Å². The summed E-state index contributed by atoms with van der Waals surface area (Å²) in [6, 6.07) is 0. The lowest BCUT2D eigenvalue weighted by molar-refractivity contribution is 0.323. The van der Waals surface area contributed by atoms with Gasteiger partial charge in [-0.2, -0.15) is 0 Å². The zero-order valence-electron chi connectivity index (χ0n) is 10.1. The maximum absolute atomic E-state index is 11.9. The number of rotatable bonds is 3. The number of halogens is 1. The van der Waals surface area contributed by atoms with Crippen LogP contribution in [0.25, 0.3) is 0 Å². The molecule has 0 aliphatic rings.